The number of nitrogens with two attached hydrogens (primary N) is 1. The maximum absolute atomic E-state index is 10.8. The second-order valence-electron chi connectivity index (χ2n) is 3.88. The lowest BCUT2D eigenvalue weighted by molar-refractivity contribution is -0.385. The lowest BCUT2D eigenvalue weighted by Crippen LogP contribution is -2.21. The van der Waals surface area contributed by atoms with Gasteiger partial charge >= 0.3 is 0 Å². The predicted octanol–water partition coefficient (Wildman–Crippen LogP) is 1.85. The third-order valence-corrected chi connectivity index (χ3v) is 2.73. The van der Waals surface area contributed by atoms with E-state index < -0.39 is 5.54 Å². The Labute approximate surface area is 81.9 Å². The van der Waals surface area contributed by atoms with E-state index in [1.165, 1.54) is 6.07 Å². The minimum Gasteiger partial charge on any atom is -0.321 e. The fourth-order valence-electron chi connectivity index (χ4n) is 1.84. The number of benzene rings is 1. The summed E-state index contributed by atoms with van der Waals surface area (Å²) in [6, 6.07) is 5.09. The van der Waals surface area contributed by atoms with Gasteiger partial charge in [-0.3, -0.25) is 10.1 Å². The Morgan fingerprint density at radius 2 is 2.14 bits per heavy atom. The van der Waals surface area contributed by atoms with Gasteiger partial charge in [0.15, 0.2) is 0 Å². The quantitative estimate of drug-likeness (QED) is 0.574. The molecule has 1 aliphatic carbocycles. The summed E-state index contributed by atoms with van der Waals surface area (Å²) in [5.74, 6) is 0. The van der Waals surface area contributed by atoms with Crippen LogP contribution in [0.4, 0.5) is 5.69 Å². The summed E-state index contributed by atoms with van der Waals surface area (Å²) in [6.07, 6.45) is 1.69. The van der Waals surface area contributed by atoms with Crippen molar-refractivity contribution in [2.24, 2.45) is 5.73 Å². The Bertz CT molecular complexity index is 397. The van der Waals surface area contributed by atoms with E-state index in [9.17, 15) is 10.1 Å². The summed E-state index contributed by atoms with van der Waals surface area (Å²) < 4.78 is 0. The molecule has 2 rings (SSSR count). The standard InChI is InChI=1S/C10H12N2O2/c1-7-3-2-4-8(12(13)14)9(7)10(11)5-6-10/h2-4H,5-6,11H2,1H3. The third kappa shape index (κ3) is 1.28. The first kappa shape index (κ1) is 9.15. The Morgan fingerprint density at radius 3 is 2.64 bits per heavy atom. The van der Waals surface area contributed by atoms with Gasteiger partial charge in [-0.25, -0.2) is 0 Å². The monoisotopic (exact) mass is 192 g/mol. The van der Waals surface area contributed by atoms with Crippen molar-refractivity contribution in [3.8, 4) is 0 Å². The molecule has 0 bridgehead atoms. The number of hydrogen-bond acceptors (Lipinski definition) is 3. The minimum atomic E-state index is -0.437. The van der Waals surface area contributed by atoms with Gasteiger partial charge in [-0.1, -0.05) is 12.1 Å². The van der Waals surface area contributed by atoms with Crippen LogP contribution in [-0.2, 0) is 5.54 Å². The largest absolute Gasteiger partial charge is 0.321 e. The summed E-state index contributed by atoms with van der Waals surface area (Å²) in [4.78, 5) is 10.4. The molecule has 4 heteroatoms. The van der Waals surface area contributed by atoms with Gasteiger partial charge in [0, 0.05) is 11.6 Å². The van der Waals surface area contributed by atoms with E-state index in [0.717, 1.165) is 18.4 Å². The van der Waals surface area contributed by atoms with Crippen molar-refractivity contribution >= 4 is 5.69 Å². The maximum Gasteiger partial charge on any atom is 0.274 e. The Kier molecular flexibility index (Phi) is 1.82. The Morgan fingerprint density at radius 1 is 1.50 bits per heavy atom. The van der Waals surface area contributed by atoms with Crippen LogP contribution < -0.4 is 5.73 Å². The van der Waals surface area contributed by atoms with E-state index >= 15 is 0 Å². The molecule has 2 N–H and O–H groups in total. The van der Waals surface area contributed by atoms with Crippen LogP contribution >= 0.6 is 0 Å². The van der Waals surface area contributed by atoms with Crippen molar-refractivity contribution in [2.75, 3.05) is 0 Å². The molecule has 0 aromatic heterocycles. The number of nitrogens with zero attached hydrogens (tertiary/aromatic N) is 1. The highest BCUT2D eigenvalue weighted by Gasteiger charge is 2.45. The second-order valence-corrected chi connectivity index (χ2v) is 3.88. The van der Waals surface area contributed by atoms with E-state index in [0.29, 0.717) is 5.56 Å². The van der Waals surface area contributed by atoms with Crippen LogP contribution in [0.3, 0.4) is 0 Å². The SMILES string of the molecule is Cc1cccc([N+](=O)[O-])c1C1(N)CC1. The molecule has 74 valence electrons. The fraction of sp³-hybridized carbons (Fsp3) is 0.400. The summed E-state index contributed by atoms with van der Waals surface area (Å²) in [6.45, 7) is 1.87. The van der Waals surface area contributed by atoms with E-state index in [2.05, 4.69) is 0 Å². The first-order chi connectivity index (χ1) is 6.54. The van der Waals surface area contributed by atoms with Crippen molar-refractivity contribution in [2.45, 2.75) is 25.3 Å². The molecule has 0 saturated heterocycles. The van der Waals surface area contributed by atoms with E-state index in [4.69, 9.17) is 5.73 Å². The van der Waals surface area contributed by atoms with Crippen LogP contribution in [-0.4, -0.2) is 4.92 Å². The molecule has 1 aromatic carbocycles. The second kappa shape index (κ2) is 2.78. The summed E-state index contributed by atoms with van der Waals surface area (Å²) in [5.41, 5.74) is 7.35. The van der Waals surface area contributed by atoms with Crippen molar-refractivity contribution in [3.05, 3.63) is 39.4 Å². The minimum absolute atomic E-state index is 0.157. The third-order valence-electron chi connectivity index (χ3n) is 2.73. The maximum atomic E-state index is 10.8. The van der Waals surface area contributed by atoms with Crippen molar-refractivity contribution < 1.29 is 4.92 Å². The van der Waals surface area contributed by atoms with Crippen LogP contribution in [0.25, 0.3) is 0 Å². The van der Waals surface area contributed by atoms with Gasteiger partial charge in [0.25, 0.3) is 5.69 Å². The lowest BCUT2D eigenvalue weighted by Gasteiger charge is -2.12. The van der Waals surface area contributed by atoms with Crippen molar-refractivity contribution in [1.82, 2.24) is 0 Å². The van der Waals surface area contributed by atoms with Gasteiger partial charge in [-0.15, -0.1) is 0 Å². The average Bonchev–Trinajstić information content (AvgIpc) is 2.84. The van der Waals surface area contributed by atoms with Gasteiger partial charge < -0.3 is 5.73 Å². The number of aryl methyl sites for hydroxylation is 1. The topological polar surface area (TPSA) is 69.2 Å². The Hall–Kier alpha value is -1.42. The molecule has 4 nitrogen and oxygen atoms in total. The highest BCUT2D eigenvalue weighted by atomic mass is 16.6. The molecule has 1 aromatic rings. The number of hydrogen-bond donors (Lipinski definition) is 1. The molecule has 0 radical (unpaired) electrons. The highest BCUT2D eigenvalue weighted by Crippen LogP contribution is 2.47. The fourth-order valence-corrected chi connectivity index (χ4v) is 1.84. The van der Waals surface area contributed by atoms with Crippen LogP contribution in [0, 0.1) is 17.0 Å². The molecule has 0 amide bonds. The summed E-state index contributed by atoms with van der Waals surface area (Å²) in [5, 5.41) is 10.8. The molecule has 1 saturated carbocycles. The molecule has 1 fully saturated rings. The molecule has 0 atom stereocenters. The molecule has 0 spiro atoms. The summed E-state index contributed by atoms with van der Waals surface area (Å²) >= 11 is 0. The predicted molar refractivity (Wildman–Crippen MR) is 52.9 cm³/mol. The average molecular weight is 192 g/mol. The number of nitro benzene ring substituents is 1. The van der Waals surface area contributed by atoms with Gasteiger partial charge in [0.1, 0.15) is 0 Å². The lowest BCUT2D eigenvalue weighted by atomic mass is 9.98. The zero-order chi connectivity index (χ0) is 10.3. The molecule has 1 aliphatic rings. The molecule has 14 heavy (non-hydrogen) atoms. The molecular weight excluding hydrogens is 180 g/mol. The number of nitro groups is 1. The van der Waals surface area contributed by atoms with Crippen LogP contribution in [0.15, 0.2) is 18.2 Å². The van der Waals surface area contributed by atoms with Crippen LogP contribution in [0.2, 0.25) is 0 Å². The van der Waals surface area contributed by atoms with E-state index in [1.54, 1.807) is 6.07 Å². The van der Waals surface area contributed by atoms with Gasteiger partial charge in [0.2, 0.25) is 0 Å². The van der Waals surface area contributed by atoms with Gasteiger partial charge in [-0.05, 0) is 25.3 Å². The van der Waals surface area contributed by atoms with Crippen LogP contribution in [0.1, 0.15) is 24.0 Å². The zero-order valence-corrected chi connectivity index (χ0v) is 7.99. The summed E-state index contributed by atoms with van der Waals surface area (Å²) in [7, 11) is 0. The van der Waals surface area contributed by atoms with E-state index in [-0.39, 0.29) is 10.6 Å². The van der Waals surface area contributed by atoms with E-state index in [1.807, 2.05) is 13.0 Å². The molecule has 0 heterocycles. The highest BCUT2D eigenvalue weighted by molar-refractivity contribution is 5.51. The number of rotatable bonds is 2. The normalized spacial score (nSPS) is 17.9. The van der Waals surface area contributed by atoms with Gasteiger partial charge in [0.05, 0.1) is 10.5 Å². The first-order valence-electron chi connectivity index (χ1n) is 4.58. The molecular formula is C10H12N2O2. The van der Waals surface area contributed by atoms with Crippen molar-refractivity contribution in [1.29, 1.82) is 0 Å². The van der Waals surface area contributed by atoms with Crippen LogP contribution in [0.5, 0.6) is 0 Å². The van der Waals surface area contributed by atoms with Gasteiger partial charge in [-0.2, -0.15) is 0 Å². The molecule has 0 aliphatic heterocycles. The first-order valence-corrected chi connectivity index (χ1v) is 4.58. The van der Waals surface area contributed by atoms with Crippen molar-refractivity contribution in [3.63, 3.8) is 0 Å². The molecule has 0 unspecified atom stereocenters. The Balaban J connectivity index is 2.60. The zero-order valence-electron chi connectivity index (χ0n) is 7.99. The smallest absolute Gasteiger partial charge is 0.274 e.